The molecular formula is C11H16Cl3NO2. The molecule has 0 aromatic carbocycles. The number of alkyl halides is 3. The minimum absolute atomic E-state index is 0.0718. The van der Waals surface area contributed by atoms with Gasteiger partial charge in [0.05, 0.1) is 13.7 Å². The SMILES string of the molecule is COC1=CCN(C(=O)[C@@H](C)CCC(Cl)(Cl)Cl)C1. The lowest BCUT2D eigenvalue weighted by atomic mass is 10.0. The Balaban J connectivity index is 2.38. The summed E-state index contributed by atoms with van der Waals surface area (Å²) >= 11 is 17.0. The lowest BCUT2D eigenvalue weighted by molar-refractivity contribution is -0.134. The third-order valence-electron chi connectivity index (χ3n) is 2.74. The Morgan fingerprint density at radius 2 is 2.24 bits per heavy atom. The van der Waals surface area contributed by atoms with Crippen LogP contribution in [0.1, 0.15) is 19.8 Å². The predicted molar refractivity (Wildman–Crippen MR) is 70.4 cm³/mol. The maximum absolute atomic E-state index is 12.0. The molecule has 0 saturated carbocycles. The van der Waals surface area contributed by atoms with Crippen LogP contribution in [0.15, 0.2) is 11.8 Å². The maximum Gasteiger partial charge on any atom is 0.226 e. The summed E-state index contributed by atoms with van der Waals surface area (Å²) in [4.78, 5) is 13.8. The molecule has 1 aliphatic heterocycles. The number of hydrogen-bond donors (Lipinski definition) is 0. The molecule has 0 aromatic heterocycles. The van der Waals surface area contributed by atoms with Crippen LogP contribution in [0.5, 0.6) is 0 Å². The number of carbonyl (C=O) groups is 1. The molecule has 6 heteroatoms. The maximum atomic E-state index is 12.0. The van der Waals surface area contributed by atoms with Crippen LogP contribution in [-0.4, -0.2) is 34.8 Å². The van der Waals surface area contributed by atoms with E-state index in [9.17, 15) is 4.79 Å². The van der Waals surface area contributed by atoms with E-state index in [1.165, 1.54) is 0 Å². The average molecular weight is 301 g/mol. The molecule has 0 fully saturated rings. The number of nitrogens with zero attached hydrogens (tertiary/aromatic N) is 1. The van der Waals surface area contributed by atoms with E-state index in [4.69, 9.17) is 39.5 Å². The van der Waals surface area contributed by atoms with Gasteiger partial charge in [-0.05, 0) is 18.9 Å². The van der Waals surface area contributed by atoms with Gasteiger partial charge in [0.25, 0.3) is 0 Å². The number of rotatable bonds is 4. The van der Waals surface area contributed by atoms with Crippen molar-refractivity contribution >= 4 is 40.7 Å². The van der Waals surface area contributed by atoms with E-state index in [2.05, 4.69) is 0 Å². The van der Waals surface area contributed by atoms with E-state index >= 15 is 0 Å². The summed E-state index contributed by atoms with van der Waals surface area (Å²) in [5, 5.41) is 0. The molecule has 0 bridgehead atoms. The predicted octanol–water partition coefficient (Wildman–Crippen LogP) is 3.15. The van der Waals surface area contributed by atoms with Gasteiger partial charge in [0.2, 0.25) is 5.91 Å². The molecule has 1 amide bonds. The molecule has 1 aliphatic rings. The Labute approximate surface area is 117 Å². The molecule has 1 rings (SSSR count). The van der Waals surface area contributed by atoms with Crippen molar-refractivity contribution in [2.45, 2.75) is 23.6 Å². The highest BCUT2D eigenvalue weighted by Gasteiger charge is 2.27. The topological polar surface area (TPSA) is 29.5 Å². The summed E-state index contributed by atoms with van der Waals surface area (Å²) in [6, 6.07) is 0. The Morgan fingerprint density at radius 3 is 2.71 bits per heavy atom. The summed E-state index contributed by atoms with van der Waals surface area (Å²) in [6.07, 6.45) is 2.84. The molecule has 1 heterocycles. The second kappa shape index (κ2) is 6.17. The molecule has 0 aromatic rings. The van der Waals surface area contributed by atoms with Crippen LogP contribution in [-0.2, 0) is 9.53 Å². The van der Waals surface area contributed by atoms with Gasteiger partial charge in [-0.15, -0.1) is 0 Å². The fraction of sp³-hybridized carbons (Fsp3) is 0.727. The summed E-state index contributed by atoms with van der Waals surface area (Å²) < 4.78 is 3.81. The van der Waals surface area contributed by atoms with Gasteiger partial charge in [-0.25, -0.2) is 0 Å². The fourth-order valence-corrected chi connectivity index (χ4v) is 1.99. The van der Waals surface area contributed by atoms with Crippen molar-refractivity contribution in [1.29, 1.82) is 0 Å². The lowest BCUT2D eigenvalue weighted by Gasteiger charge is -2.21. The molecule has 17 heavy (non-hydrogen) atoms. The Kier molecular flexibility index (Phi) is 5.42. The second-order valence-electron chi connectivity index (χ2n) is 4.15. The summed E-state index contributed by atoms with van der Waals surface area (Å²) in [7, 11) is 1.60. The van der Waals surface area contributed by atoms with Crippen molar-refractivity contribution in [2.24, 2.45) is 5.92 Å². The fourth-order valence-electron chi connectivity index (χ4n) is 1.66. The number of methoxy groups -OCH3 is 1. The van der Waals surface area contributed by atoms with Gasteiger partial charge in [0.1, 0.15) is 5.76 Å². The first kappa shape index (κ1) is 14.9. The molecule has 0 aliphatic carbocycles. The van der Waals surface area contributed by atoms with Gasteiger partial charge in [0, 0.05) is 12.5 Å². The van der Waals surface area contributed by atoms with E-state index in [-0.39, 0.29) is 11.8 Å². The Morgan fingerprint density at radius 1 is 1.59 bits per heavy atom. The van der Waals surface area contributed by atoms with Crippen molar-refractivity contribution in [3.8, 4) is 0 Å². The number of hydrogen-bond acceptors (Lipinski definition) is 2. The van der Waals surface area contributed by atoms with Crippen LogP contribution in [0.2, 0.25) is 0 Å². The largest absolute Gasteiger partial charge is 0.499 e. The quantitative estimate of drug-likeness (QED) is 0.747. The van der Waals surface area contributed by atoms with Gasteiger partial charge in [-0.1, -0.05) is 41.7 Å². The zero-order valence-electron chi connectivity index (χ0n) is 9.88. The van der Waals surface area contributed by atoms with Gasteiger partial charge in [-0.3, -0.25) is 4.79 Å². The summed E-state index contributed by atoms with van der Waals surface area (Å²) in [6.45, 7) is 2.98. The van der Waals surface area contributed by atoms with E-state index in [1.807, 2.05) is 13.0 Å². The molecule has 0 radical (unpaired) electrons. The first-order chi connectivity index (χ1) is 7.83. The average Bonchev–Trinajstić information content (AvgIpc) is 2.72. The lowest BCUT2D eigenvalue weighted by Crippen LogP contribution is -2.34. The van der Waals surface area contributed by atoms with Crippen molar-refractivity contribution in [1.82, 2.24) is 4.90 Å². The van der Waals surface area contributed by atoms with Gasteiger partial charge < -0.3 is 9.64 Å². The molecule has 1 atom stereocenters. The second-order valence-corrected chi connectivity index (χ2v) is 6.66. The van der Waals surface area contributed by atoms with E-state index in [0.29, 0.717) is 25.9 Å². The highest BCUT2D eigenvalue weighted by atomic mass is 35.6. The third-order valence-corrected chi connectivity index (χ3v) is 3.31. The van der Waals surface area contributed by atoms with Crippen LogP contribution in [0.3, 0.4) is 0 Å². The Bertz CT molecular complexity index is 312. The van der Waals surface area contributed by atoms with Crippen molar-refractivity contribution < 1.29 is 9.53 Å². The van der Waals surface area contributed by atoms with Crippen LogP contribution >= 0.6 is 34.8 Å². The molecule has 0 spiro atoms. The van der Waals surface area contributed by atoms with E-state index < -0.39 is 3.79 Å². The smallest absolute Gasteiger partial charge is 0.226 e. The number of amides is 1. The van der Waals surface area contributed by atoms with Crippen LogP contribution in [0.25, 0.3) is 0 Å². The number of halogens is 3. The number of carbonyl (C=O) groups excluding carboxylic acids is 1. The highest BCUT2D eigenvalue weighted by molar-refractivity contribution is 6.67. The third kappa shape index (κ3) is 4.94. The Hall–Kier alpha value is -0.120. The van der Waals surface area contributed by atoms with Crippen LogP contribution in [0.4, 0.5) is 0 Å². The first-order valence-electron chi connectivity index (χ1n) is 5.42. The summed E-state index contributed by atoms with van der Waals surface area (Å²) in [5.41, 5.74) is 0. The summed E-state index contributed by atoms with van der Waals surface area (Å²) in [5.74, 6) is 0.754. The number of ether oxygens (including phenoxy) is 1. The highest BCUT2D eigenvalue weighted by Crippen LogP contribution is 2.33. The molecular weight excluding hydrogens is 284 g/mol. The van der Waals surface area contributed by atoms with Crippen molar-refractivity contribution in [3.63, 3.8) is 0 Å². The van der Waals surface area contributed by atoms with Crippen molar-refractivity contribution in [2.75, 3.05) is 20.2 Å². The standard InChI is InChI=1S/C11H16Cl3NO2/c1-8(3-5-11(12,13)14)10(16)15-6-4-9(7-15)17-2/h4,8H,3,5-7H2,1-2H3/t8-/m0/s1. The van der Waals surface area contributed by atoms with Crippen LogP contribution < -0.4 is 0 Å². The first-order valence-corrected chi connectivity index (χ1v) is 6.55. The molecule has 0 unspecified atom stereocenters. The van der Waals surface area contributed by atoms with Crippen molar-refractivity contribution in [3.05, 3.63) is 11.8 Å². The van der Waals surface area contributed by atoms with Gasteiger partial charge >= 0.3 is 0 Å². The van der Waals surface area contributed by atoms with E-state index in [0.717, 1.165) is 5.76 Å². The van der Waals surface area contributed by atoms with Gasteiger partial charge in [-0.2, -0.15) is 0 Å². The molecule has 98 valence electrons. The molecule has 0 saturated heterocycles. The molecule has 0 N–H and O–H groups in total. The monoisotopic (exact) mass is 299 g/mol. The van der Waals surface area contributed by atoms with Crippen LogP contribution in [0, 0.1) is 5.92 Å². The van der Waals surface area contributed by atoms with E-state index in [1.54, 1.807) is 12.0 Å². The van der Waals surface area contributed by atoms with Gasteiger partial charge in [0.15, 0.2) is 3.79 Å². The zero-order chi connectivity index (χ0) is 13.1. The normalized spacial score (nSPS) is 17.9. The minimum atomic E-state index is -1.28. The zero-order valence-corrected chi connectivity index (χ0v) is 12.1. The molecule has 3 nitrogen and oxygen atoms in total. The minimum Gasteiger partial charge on any atom is -0.499 e.